The molecule has 94 valence electrons. The van der Waals surface area contributed by atoms with Gasteiger partial charge in [0.05, 0.1) is 32.8 Å². The van der Waals surface area contributed by atoms with Crippen LogP contribution in [0.3, 0.4) is 0 Å². The molecule has 4 nitrogen and oxygen atoms in total. The maximum atomic E-state index is 12.7. The standard InChI is InChI=1S/C15H7N3OS/c16-8-9-5-6-11-10(7-9)14(19)18-12-3-1-2-4-13(12)20-15(18)17-11/h1-7H. The molecule has 5 heteroatoms. The third kappa shape index (κ3) is 1.40. The van der Waals surface area contributed by atoms with E-state index in [1.54, 1.807) is 22.6 Å². The molecule has 0 aliphatic rings. The zero-order valence-corrected chi connectivity index (χ0v) is 11.0. The van der Waals surface area contributed by atoms with E-state index in [1.165, 1.54) is 11.3 Å². The van der Waals surface area contributed by atoms with Crippen LogP contribution in [-0.4, -0.2) is 9.38 Å². The minimum Gasteiger partial charge on any atom is -0.268 e. The van der Waals surface area contributed by atoms with Gasteiger partial charge in [0.2, 0.25) is 0 Å². The first kappa shape index (κ1) is 11.1. The number of rotatable bonds is 0. The Morgan fingerprint density at radius 1 is 1.20 bits per heavy atom. The summed E-state index contributed by atoms with van der Waals surface area (Å²) in [4.78, 5) is 17.8. The summed E-state index contributed by atoms with van der Waals surface area (Å²) in [6, 6.07) is 14.8. The molecule has 2 aromatic carbocycles. The van der Waals surface area contributed by atoms with E-state index in [0.717, 1.165) is 10.2 Å². The van der Waals surface area contributed by atoms with Gasteiger partial charge in [-0.15, -0.1) is 0 Å². The van der Waals surface area contributed by atoms with Crippen LogP contribution >= 0.6 is 11.3 Å². The quantitative estimate of drug-likeness (QED) is 0.496. The van der Waals surface area contributed by atoms with Crippen LogP contribution in [0, 0.1) is 11.3 Å². The number of aromatic nitrogens is 2. The van der Waals surface area contributed by atoms with Gasteiger partial charge >= 0.3 is 0 Å². The van der Waals surface area contributed by atoms with Crippen LogP contribution in [0.25, 0.3) is 26.1 Å². The molecule has 4 rings (SSSR count). The second-order valence-electron chi connectivity index (χ2n) is 4.45. The number of nitriles is 1. The van der Waals surface area contributed by atoms with E-state index in [9.17, 15) is 4.79 Å². The summed E-state index contributed by atoms with van der Waals surface area (Å²) < 4.78 is 2.64. The number of para-hydroxylation sites is 1. The van der Waals surface area contributed by atoms with Gasteiger partial charge in [0.1, 0.15) is 0 Å². The normalized spacial score (nSPS) is 11.2. The van der Waals surface area contributed by atoms with Gasteiger partial charge < -0.3 is 0 Å². The minimum absolute atomic E-state index is 0.125. The lowest BCUT2D eigenvalue weighted by atomic mass is 10.1. The Balaban J connectivity index is 2.30. The van der Waals surface area contributed by atoms with Crippen molar-refractivity contribution in [2.45, 2.75) is 0 Å². The molecule has 2 heterocycles. The van der Waals surface area contributed by atoms with Crippen molar-refractivity contribution in [2.75, 3.05) is 0 Å². The van der Waals surface area contributed by atoms with E-state index in [4.69, 9.17) is 5.26 Å². The number of nitrogens with zero attached hydrogens (tertiary/aromatic N) is 3. The van der Waals surface area contributed by atoms with Crippen LogP contribution < -0.4 is 5.56 Å². The second kappa shape index (κ2) is 3.89. The molecule has 0 bridgehead atoms. The average Bonchev–Trinajstić information content (AvgIpc) is 2.85. The number of benzene rings is 2. The van der Waals surface area contributed by atoms with Crippen LogP contribution in [-0.2, 0) is 0 Å². The van der Waals surface area contributed by atoms with Crippen molar-refractivity contribution in [1.29, 1.82) is 5.26 Å². The molecule has 0 spiro atoms. The Hall–Kier alpha value is -2.71. The van der Waals surface area contributed by atoms with Crippen LogP contribution in [0.15, 0.2) is 47.3 Å². The lowest BCUT2D eigenvalue weighted by molar-refractivity contribution is 1.16. The molecule has 0 radical (unpaired) electrons. The van der Waals surface area contributed by atoms with Gasteiger partial charge in [-0.3, -0.25) is 9.20 Å². The second-order valence-corrected chi connectivity index (χ2v) is 5.46. The fourth-order valence-electron chi connectivity index (χ4n) is 2.34. The molecule has 0 amide bonds. The molecule has 2 aromatic heterocycles. The molecule has 0 fully saturated rings. The molecule has 0 atom stereocenters. The zero-order valence-electron chi connectivity index (χ0n) is 10.2. The van der Waals surface area contributed by atoms with E-state index < -0.39 is 0 Å². The molecule has 20 heavy (non-hydrogen) atoms. The molecule has 0 saturated carbocycles. The molecule has 0 N–H and O–H groups in total. The Morgan fingerprint density at radius 3 is 2.90 bits per heavy atom. The van der Waals surface area contributed by atoms with Crippen molar-refractivity contribution < 1.29 is 0 Å². The topological polar surface area (TPSA) is 58.2 Å². The van der Waals surface area contributed by atoms with Crippen LogP contribution in [0.5, 0.6) is 0 Å². The highest BCUT2D eigenvalue weighted by Crippen LogP contribution is 2.25. The van der Waals surface area contributed by atoms with Gasteiger partial charge in [-0.25, -0.2) is 4.98 Å². The summed E-state index contributed by atoms with van der Waals surface area (Å²) in [7, 11) is 0. The molecule has 0 saturated heterocycles. The summed E-state index contributed by atoms with van der Waals surface area (Å²) >= 11 is 1.49. The number of thiazole rings is 1. The van der Waals surface area contributed by atoms with Crippen LogP contribution in [0.4, 0.5) is 0 Å². The highest BCUT2D eigenvalue weighted by molar-refractivity contribution is 7.23. The Kier molecular flexibility index (Phi) is 2.17. The van der Waals surface area contributed by atoms with Gasteiger partial charge in [0.25, 0.3) is 5.56 Å². The van der Waals surface area contributed by atoms with Crippen LogP contribution in [0.1, 0.15) is 5.56 Å². The van der Waals surface area contributed by atoms with E-state index in [1.807, 2.05) is 24.3 Å². The molecule has 4 aromatic rings. The lowest BCUT2D eigenvalue weighted by Gasteiger charge is -1.99. The Bertz CT molecular complexity index is 1090. The summed E-state index contributed by atoms with van der Waals surface area (Å²) in [5.74, 6) is 0. The smallest absolute Gasteiger partial charge is 0.266 e. The average molecular weight is 277 g/mol. The number of hydrogen-bond donors (Lipinski definition) is 0. The van der Waals surface area contributed by atoms with Crippen molar-refractivity contribution in [3.8, 4) is 6.07 Å². The zero-order chi connectivity index (χ0) is 13.7. The summed E-state index contributed by atoms with van der Waals surface area (Å²) in [5.41, 5.74) is 1.82. The van der Waals surface area contributed by atoms with Gasteiger partial charge in [0.15, 0.2) is 4.96 Å². The van der Waals surface area contributed by atoms with Gasteiger partial charge in [0, 0.05) is 0 Å². The Labute approximate surface area is 117 Å². The summed E-state index contributed by atoms with van der Waals surface area (Å²) in [6.45, 7) is 0. The molecular weight excluding hydrogens is 270 g/mol. The largest absolute Gasteiger partial charge is 0.268 e. The monoisotopic (exact) mass is 277 g/mol. The SMILES string of the molecule is N#Cc1ccc2nc3sc4ccccc4n3c(=O)c2c1. The highest BCUT2D eigenvalue weighted by atomic mass is 32.1. The minimum atomic E-state index is -0.125. The molecular formula is C15H7N3OS. The van der Waals surface area contributed by atoms with E-state index >= 15 is 0 Å². The summed E-state index contributed by atoms with van der Waals surface area (Å²) in [5, 5.41) is 9.43. The number of hydrogen-bond acceptors (Lipinski definition) is 4. The van der Waals surface area contributed by atoms with Crippen LogP contribution in [0.2, 0.25) is 0 Å². The van der Waals surface area contributed by atoms with E-state index in [2.05, 4.69) is 11.1 Å². The first-order valence-electron chi connectivity index (χ1n) is 6.02. The third-order valence-corrected chi connectivity index (χ3v) is 4.30. The third-order valence-electron chi connectivity index (χ3n) is 3.27. The van der Waals surface area contributed by atoms with Crippen molar-refractivity contribution >= 4 is 37.4 Å². The fourth-order valence-corrected chi connectivity index (χ4v) is 3.37. The van der Waals surface area contributed by atoms with Crippen molar-refractivity contribution in [2.24, 2.45) is 0 Å². The number of fused-ring (bicyclic) bond motifs is 4. The lowest BCUT2D eigenvalue weighted by Crippen LogP contribution is -2.13. The van der Waals surface area contributed by atoms with E-state index in [0.29, 0.717) is 21.4 Å². The van der Waals surface area contributed by atoms with Crippen molar-refractivity contribution in [1.82, 2.24) is 9.38 Å². The molecule has 0 aliphatic heterocycles. The van der Waals surface area contributed by atoms with Gasteiger partial charge in [-0.05, 0) is 30.3 Å². The maximum absolute atomic E-state index is 12.7. The predicted octanol–water partition coefficient (Wildman–Crippen LogP) is 2.93. The highest BCUT2D eigenvalue weighted by Gasteiger charge is 2.11. The van der Waals surface area contributed by atoms with Gasteiger partial charge in [-0.1, -0.05) is 23.5 Å². The first-order valence-corrected chi connectivity index (χ1v) is 6.84. The Morgan fingerprint density at radius 2 is 2.05 bits per heavy atom. The van der Waals surface area contributed by atoms with Crippen molar-refractivity contribution in [3.05, 3.63) is 58.4 Å². The molecule has 0 aliphatic carbocycles. The first-order chi connectivity index (χ1) is 9.78. The van der Waals surface area contributed by atoms with Crippen molar-refractivity contribution in [3.63, 3.8) is 0 Å². The van der Waals surface area contributed by atoms with E-state index in [-0.39, 0.29) is 5.56 Å². The predicted molar refractivity (Wildman–Crippen MR) is 79.1 cm³/mol. The van der Waals surface area contributed by atoms with Gasteiger partial charge in [-0.2, -0.15) is 5.26 Å². The fraction of sp³-hybridized carbons (Fsp3) is 0. The molecule has 0 unspecified atom stereocenters. The summed E-state index contributed by atoms with van der Waals surface area (Å²) in [6.07, 6.45) is 0. The maximum Gasteiger partial charge on any atom is 0.266 e.